The van der Waals surface area contributed by atoms with Gasteiger partial charge in [0.05, 0.1) is 26.0 Å². The van der Waals surface area contributed by atoms with Gasteiger partial charge in [0.2, 0.25) is 0 Å². The maximum atomic E-state index is 12.3. The van der Waals surface area contributed by atoms with Gasteiger partial charge in [-0.05, 0) is 30.3 Å². The molecule has 0 amide bonds. The predicted octanol–water partition coefficient (Wildman–Crippen LogP) is 2.33. The molecule has 4 heteroatoms. The molecule has 0 N–H and O–H groups in total. The minimum atomic E-state index is -0.100. The molecule has 0 radical (unpaired) electrons. The first kappa shape index (κ1) is 12.1. The summed E-state index contributed by atoms with van der Waals surface area (Å²) in [6, 6.07) is 8.59. The number of pyridine rings is 1. The SMILES string of the molecule is COc1ccc(C(=O)c2ccncc2OC)cc1. The second kappa shape index (κ2) is 5.31. The van der Waals surface area contributed by atoms with Crippen LogP contribution in [0.2, 0.25) is 0 Å². The van der Waals surface area contributed by atoms with E-state index in [1.807, 2.05) is 0 Å². The highest BCUT2D eigenvalue weighted by Crippen LogP contribution is 2.21. The summed E-state index contributed by atoms with van der Waals surface area (Å²) >= 11 is 0. The van der Waals surface area contributed by atoms with Crippen LogP contribution in [0.15, 0.2) is 42.7 Å². The summed E-state index contributed by atoms with van der Waals surface area (Å²) in [4.78, 5) is 16.2. The van der Waals surface area contributed by atoms with E-state index in [-0.39, 0.29) is 5.78 Å². The lowest BCUT2D eigenvalue weighted by Crippen LogP contribution is -2.04. The van der Waals surface area contributed by atoms with Crippen LogP contribution in [0.3, 0.4) is 0 Å². The molecule has 0 bridgehead atoms. The van der Waals surface area contributed by atoms with Crippen molar-refractivity contribution in [3.8, 4) is 11.5 Å². The number of nitrogens with zero attached hydrogens (tertiary/aromatic N) is 1. The second-order valence-corrected chi connectivity index (χ2v) is 3.63. The average Bonchev–Trinajstić information content (AvgIpc) is 2.46. The Morgan fingerprint density at radius 2 is 1.78 bits per heavy atom. The highest BCUT2D eigenvalue weighted by molar-refractivity contribution is 6.10. The molecule has 1 heterocycles. The molecule has 4 nitrogen and oxygen atoms in total. The highest BCUT2D eigenvalue weighted by Gasteiger charge is 2.14. The van der Waals surface area contributed by atoms with Crippen LogP contribution in [-0.2, 0) is 0 Å². The van der Waals surface area contributed by atoms with E-state index in [9.17, 15) is 4.79 Å². The van der Waals surface area contributed by atoms with Crippen molar-refractivity contribution in [3.05, 3.63) is 53.9 Å². The first-order chi connectivity index (χ1) is 8.76. The van der Waals surface area contributed by atoms with Crippen molar-refractivity contribution in [1.82, 2.24) is 4.98 Å². The van der Waals surface area contributed by atoms with Gasteiger partial charge in [0, 0.05) is 11.8 Å². The standard InChI is InChI=1S/C14H13NO3/c1-17-11-5-3-10(4-6-11)14(16)12-7-8-15-9-13(12)18-2/h3-9H,1-2H3. The maximum Gasteiger partial charge on any atom is 0.196 e. The predicted molar refractivity (Wildman–Crippen MR) is 67.2 cm³/mol. The van der Waals surface area contributed by atoms with Crippen molar-refractivity contribution < 1.29 is 14.3 Å². The number of carbonyl (C=O) groups is 1. The highest BCUT2D eigenvalue weighted by atomic mass is 16.5. The fourth-order valence-electron chi connectivity index (χ4n) is 1.63. The van der Waals surface area contributed by atoms with Crippen LogP contribution in [-0.4, -0.2) is 25.0 Å². The summed E-state index contributed by atoms with van der Waals surface area (Å²) in [5.41, 5.74) is 1.08. The van der Waals surface area contributed by atoms with E-state index in [1.165, 1.54) is 13.3 Å². The molecular weight excluding hydrogens is 230 g/mol. The number of rotatable bonds is 4. The largest absolute Gasteiger partial charge is 0.497 e. The second-order valence-electron chi connectivity index (χ2n) is 3.63. The van der Waals surface area contributed by atoms with E-state index < -0.39 is 0 Å². The summed E-state index contributed by atoms with van der Waals surface area (Å²) in [6.45, 7) is 0. The third-order valence-electron chi connectivity index (χ3n) is 2.60. The Kier molecular flexibility index (Phi) is 3.57. The average molecular weight is 243 g/mol. The lowest BCUT2D eigenvalue weighted by molar-refractivity contribution is 0.103. The van der Waals surface area contributed by atoms with Crippen LogP contribution >= 0.6 is 0 Å². The van der Waals surface area contributed by atoms with Gasteiger partial charge < -0.3 is 9.47 Å². The smallest absolute Gasteiger partial charge is 0.196 e. The van der Waals surface area contributed by atoms with Crippen LogP contribution in [0.5, 0.6) is 11.5 Å². The van der Waals surface area contributed by atoms with Gasteiger partial charge in [0.25, 0.3) is 0 Å². The van der Waals surface area contributed by atoms with Gasteiger partial charge in [0.15, 0.2) is 5.78 Å². The molecule has 0 aliphatic heterocycles. The summed E-state index contributed by atoms with van der Waals surface area (Å²) in [5.74, 6) is 1.09. The van der Waals surface area contributed by atoms with Gasteiger partial charge in [-0.3, -0.25) is 9.78 Å². The molecule has 2 aromatic rings. The Morgan fingerprint density at radius 3 is 2.39 bits per heavy atom. The summed E-state index contributed by atoms with van der Waals surface area (Å²) in [6.07, 6.45) is 3.09. The Bertz CT molecular complexity index is 549. The van der Waals surface area contributed by atoms with Gasteiger partial charge in [0.1, 0.15) is 11.5 Å². The first-order valence-corrected chi connectivity index (χ1v) is 5.43. The normalized spacial score (nSPS) is 9.89. The number of ketones is 1. The lowest BCUT2D eigenvalue weighted by atomic mass is 10.0. The summed E-state index contributed by atoms with van der Waals surface area (Å²) in [7, 11) is 3.10. The van der Waals surface area contributed by atoms with Crippen LogP contribution in [0, 0.1) is 0 Å². The zero-order valence-electron chi connectivity index (χ0n) is 10.2. The van der Waals surface area contributed by atoms with Crippen LogP contribution in [0.1, 0.15) is 15.9 Å². The summed E-state index contributed by atoms with van der Waals surface area (Å²) in [5, 5.41) is 0. The van der Waals surface area contributed by atoms with Gasteiger partial charge in [-0.1, -0.05) is 0 Å². The Hall–Kier alpha value is -2.36. The third kappa shape index (κ3) is 2.32. The quantitative estimate of drug-likeness (QED) is 0.773. The molecule has 0 spiro atoms. The number of ether oxygens (including phenoxy) is 2. The molecule has 0 fully saturated rings. The molecule has 2 rings (SSSR count). The van der Waals surface area contributed by atoms with Crippen molar-refractivity contribution >= 4 is 5.78 Å². The molecule has 18 heavy (non-hydrogen) atoms. The summed E-state index contributed by atoms with van der Waals surface area (Å²) < 4.78 is 10.2. The number of benzene rings is 1. The van der Waals surface area contributed by atoms with Gasteiger partial charge in [-0.2, -0.15) is 0 Å². The number of aromatic nitrogens is 1. The van der Waals surface area contributed by atoms with Crippen LogP contribution < -0.4 is 9.47 Å². The van der Waals surface area contributed by atoms with E-state index >= 15 is 0 Å². The van der Waals surface area contributed by atoms with Crippen LogP contribution in [0.25, 0.3) is 0 Å². The molecule has 92 valence electrons. The molecule has 1 aromatic carbocycles. The van der Waals surface area contributed by atoms with E-state index in [0.717, 1.165) is 0 Å². The van der Waals surface area contributed by atoms with Crippen molar-refractivity contribution in [2.75, 3.05) is 14.2 Å². The van der Waals surface area contributed by atoms with Gasteiger partial charge >= 0.3 is 0 Å². The van der Waals surface area contributed by atoms with Crippen molar-refractivity contribution in [3.63, 3.8) is 0 Å². The van der Waals surface area contributed by atoms with E-state index in [1.54, 1.807) is 43.6 Å². The minimum absolute atomic E-state index is 0.100. The first-order valence-electron chi connectivity index (χ1n) is 5.43. The molecule has 0 atom stereocenters. The Balaban J connectivity index is 2.35. The number of carbonyl (C=O) groups excluding carboxylic acids is 1. The zero-order valence-corrected chi connectivity index (χ0v) is 10.2. The molecule has 0 saturated heterocycles. The van der Waals surface area contributed by atoms with Crippen molar-refractivity contribution in [2.45, 2.75) is 0 Å². The van der Waals surface area contributed by atoms with E-state index in [2.05, 4.69) is 4.98 Å². The minimum Gasteiger partial charge on any atom is -0.497 e. The third-order valence-corrected chi connectivity index (χ3v) is 2.60. The maximum absolute atomic E-state index is 12.3. The molecular formula is C14H13NO3. The monoisotopic (exact) mass is 243 g/mol. The van der Waals surface area contributed by atoms with Gasteiger partial charge in [-0.25, -0.2) is 0 Å². The van der Waals surface area contributed by atoms with Crippen molar-refractivity contribution in [2.24, 2.45) is 0 Å². The fourth-order valence-corrected chi connectivity index (χ4v) is 1.63. The molecule has 0 saturated carbocycles. The van der Waals surface area contributed by atoms with Crippen LogP contribution in [0.4, 0.5) is 0 Å². The van der Waals surface area contributed by atoms with E-state index in [0.29, 0.717) is 22.6 Å². The van der Waals surface area contributed by atoms with Crippen molar-refractivity contribution in [1.29, 1.82) is 0 Å². The molecule has 0 aliphatic rings. The number of hydrogen-bond donors (Lipinski definition) is 0. The Morgan fingerprint density at radius 1 is 1.06 bits per heavy atom. The Labute approximate surface area is 105 Å². The zero-order chi connectivity index (χ0) is 13.0. The number of hydrogen-bond acceptors (Lipinski definition) is 4. The lowest BCUT2D eigenvalue weighted by Gasteiger charge is -2.07. The molecule has 1 aromatic heterocycles. The van der Waals surface area contributed by atoms with E-state index in [4.69, 9.17) is 9.47 Å². The topological polar surface area (TPSA) is 48.4 Å². The molecule has 0 aliphatic carbocycles. The molecule has 0 unspecified atom stereocenters. The van der Waals surface area contributed by atoms with Gasteiger partial charge in [-0.15, -0.1) is 0 Å². The number of methoxy groups -OCH3 is 2. The fraction of sp³-hybridized carbons (Fsp3) is 0.143.